The second kappa shape index (κ2) is 6.06. The van der Waals surface area contributed by atoms with Gasteiger partial charge in [0.1, 0.15) is 6.07 Å². The molecule has 0 aliphatic rings. The van der Waals surface area contributed by atoms with Gasteiger partial charge in [0, 0.05) is 5.02 Å². The van der Waals surface area contributed by atoms with Crippen LogP contribution in [0.5, 0.6) is 0 Å². The number of nitrogens with one attached hydrogen (secondary N) is 2. The van der Waals surface area contributed by atoms with Gasteiger partial charge in [0.2, 0.25) is 5.71 Å². The molecule has 0 unspecified atom stereocenters. The Labute approximate surface area is 136 Å². The first kappa shape index (κ1) is 14.4. The van der Waals surface area contributed by atoms with Crippen molar-refractivity contribution in [2.45, 2.75) is 0 Å². The molecule has 0 fully saturated rings. The van der Waals surface area contributed by atoms with E-state index >= 15 is 0 Å². The monoisotopic (exact) mass is 329 g/mol. The number of benzene rings is 2. The second-order valence-electron chi connectivity index (χ2n) is 4.41. The molecule has 0 spiro atoms. The lowest BCUT2D eigenvalue weighted by Gasteiger charge is -2.03. The number of nitrogens with zero attached hydrogens (tertiary/aromatic N) is 3. The summed E-state index contributed by atoms with van der Waals surface area (Å²) in [6.07, 6.45) is 0. The van der Waals surface area contributed by atoms with Crippen molar-refractivity contribution in [1.29, 1.82) is 5.26 Å². The lowest BCUT2D eigenvalue weighted by atomic mass is 10.3. The zero-order valence-corrected chi connectivity index (χ0v) is 12.7. The molecule has 0 radical (unpaired) electrons. The van der Waals surface area contributed by atoms with Gasteiger partial charge in [-0.3, -0.25) is 5.43 Å². The van der Waals surface area contributed by atoms with E-state index in [0.29, 0.717) is 21.6 Å². The topological polar surface area (TPSA) is 76.9 Å². The number of aromatic amines is 1. The van der Waals surface area contributed by atoms with E-state index in [2.05, 4.69) is 20.5 Å². The SMILES string of the molecule is N#CC(=NNc1ccc(Cl)cc1Cl)c1nc2ccccc2[nH]1. The number of anilines is 1. The number of para-hydroxylation sites is 2. The first-order chi connectivity index (χ1) is 10.7. The molecule has 3 rings (SSSR count). The van der Waals surface area contributed by atoms with Crippen molar-refractivity contribution in [3.8, 4) is 6.07 Å². The van der Waals surface area contributed by atoms with Crippen LogP contribution < -0.4 is 5.43 Å². The van der Waals surface area contributed by atoms with Gasteiger partial charge < -0.3 is 4.98 Å². The third-order valence-corrected chi connectivity index (χ3v) is 3.49. The van der Waals surface area contributed by atoms with Crippen LogP contribution in [0.1, 0.15) is 5.82 Å². The van der Waals surface area contributed by atoms with Crippen molar-refractivity contribution in [3.63, 3.8) is 0 Å². The van der Waals surface area contributed by atoms with Crippen LogP contribution in [0.15, 0.2) is 47.6 Å². The molecule has 0 saturated carbocycles. The number of hydrazone groups is 1. The van der Waals surface area contributed by atoms with E-state index in [1.165, 1.54) is 0 Å². The summed E-state index contributed by atoms with van der Waals surface area (Å²) in [7, 11) is 0. The molecular weight excluding hydrogens is 321 g/mol. The molecule has 0 amide bonds. The maximum atomic E-state index is 9.26. The lowest BCUT2D eigenvalue weighted by molar-refractivity contribution is 1.25. The van der Waals surface area contributed by atoms with Gasteiger partial charge in [-0.05, 0) is 30.3 Å². The van der Waals surface area contributed by atoms with Crippen LogP contribution in [0.4, 0.5) is 5.69 Å². The molecule has 2 N–H and O–H groups in total. The number of aromatic nitrogens is 2. The number of fused-ring (bicyclic) bond motifs is 1. The molecule has 108 valence electrons. The molecule has 5 nitrogen and oxygen atoms in total. The molecule has 1 heterocycles. The van der Waals surface area contributed by atoms with Crippen LogP contribution in [0.2, 0.25) is 10.0 Å². The van der Waals surface area contributed by atoms with Crippen LogP contribution in [0, 0.1) is 11.3 Å². The Morgan fingerprint density at radius 1 is 1.23 bits per heavy atom. The number of halogens is 2. The molecule has 0 saturated heterocycles. The minimum atomic E-state index is 0.127. The predicted molar refractivity (Wildman–Crippen MR) is 88.3 cm³/mol. The third kappa shape index (κ3) is 2.89. The standard InChI is InChI=1S/C15H9Cl2N5/c16-9-5-6-11(10(17)7-9)21-22-14(8-18)15-19-12-3-1-2-4-13(12)20-15/h1-7,21H,(H,19,20). The van der Waals surface area contributed by atoms with Gasteiger partial charge in [0.05, 0.1) is 21.7 Å². The van der Waals surface area contributed by atoms with Crippen LogP contribution in [0.25, 0.3) is 11.0 Å². The van der Waals surface area contributed by atoms with Crippen molar-refractivity contribution in [2.24, 2.45) is 5.10 Å². The van der Waals surface area contributed by atoms with Gasteiger partial charge in [-0.15, -0.1) is 0 Å². The van der Waals surface area contributed by atoms with Crippen molar-refractivity contribution >= 4 is 45.6 Å². The summed E-state index contributed by atoms with van der Waals surface area (Å²) in [5.74, 6) is 0.390. The molecule has 2 aromatic carbocycles. The van der Waals surface area contributed by atoms with Crippen molar-refractivity contribution in [2.75, 3.05) is 5.43 Å². The van der Waals surface area contributed by atoms with Gasteiger partial charge in [-0.25, -0.2) is 4.98 Å². The first-order valence-electron chi connectivity index (χ1n) is 6.31. The first-order valence-corrected chi connectivity index (χ1v) is 7.07. The zero-order chi connectivity index (χ0) is 15.5. The van der Waals surface area contributed by atoms with E-state index in [1.54, 1.807) is 18.2 Å². The summed E-state index contributed by atoms with van der Waals surface area (Å²) in [4.78, 5) is 7.38. The van der Waals surface area contributed by atoms with Gasteiger partial charge >= 0.3 is 0 Å². The van der Waals surface area contributed by atoms with Crippen molar-refractivity contribution in [1.82, 2.24) is 9.97 Å². The molecule has 0 atom stereocenters. The molecular formula is C15H9Cl2N5. The smallest absolute Gasteiger partial charge is 0.203 e. The molecule has 3 aromatic rings. The number of hydrogen-bond acceptors (Lipinski definition) is 4. The normalized spacial score (nSPS) is 11.4. The quantitative estimate of drug-likeness (QED) is 0.558. The van der Waals surface area contributed by atoms with Gasteiger partial charge in [0.25, 0.3) is 0 Å². The summed E-state index contributed by atoms with van der Waals surface area (Å²) in [5, 5.41) is 14.3. The second-order valence-corrected chi connectivity index (χ2v) is 5.25. The average Bonchev–Trinajstić information content (AvgIpc) is 2.93. The van der Waals surface area contributed by atoms with Crippen LogP contribution >= 0.6 is 23.2 Å². The van der Waals surface area contributed by atoms with Crippen molar-refractivity contribution < 1.29 is 0 Å². The van der Waals surface area contributed by atoms with E-state index in [9.17, 15) is 5.26 Å². The van der Waals surface area contributed by atoms with E-state index in [4.69, 9.17) is 23.2 Å². The Bertz CT molecular complexity index is 875. The van der Waals surface area contributed by atoms with Gasteiger partial charge in [-0.2, -0.15) is 10.4 Å². The Hall–Kier alpha value is -2.55. The number of imidazole rings is 1. The summed E-state index contributed by atoms with van der Waals surface area (Å²) in [6, 6.07) is 14.5. The van der Waals surface area contributed by atoms with E-state index in [1.807, 2.05) is 30.3 Å². The number of H-pyrrole nitrogens is 1. The Balaban J connectivity index is 1.91. The number of rotatable bonds is 3. The highest BCUT2D eigenvalue weighted by Gasteiger charge is 2.09. The van der Waals surface area contributed by atoms with Gasteiger partial charge in [0.15, 0.2) is 5.82 Å². The van der Waals surface area contributed by atoms with Gasteiger partial charge in [-0.1, -0.05) is 35.3 Å². The molecule has 0 bridgehead atoms. The maximum Gasteiger partial charge on any atom is 0.203 e. The van der Waals surface area contributed by atoms with Crippen molar-refractivity contribution in [3.05, 3.63) is 58.3 Å². The molecule has 0 aliphatic heterocycles. The average molecular weight is 330 g/mol. The predicted octanol–water partition coefficient (Wildman–Crippen LogP) is 4.21. The molecule has 0 aliphatic carbocycles. The largest absolute Gasteiger partial charge is 0.336 e. The van der Waals surface area contributed by atoms with E-state index in [0.717, 1.165) is 11.0 Å². The zero-order valence-electron chi connectivity index (χ0n) is 11.1. The molecule has 1 aromatic heterocycles. The summed E-state index contributed by atoms with van der Waals surface area (Å²) in [5.41, 5.74) is 5.03. The molecule has 7 heteroatoms. The highest BCUT2D eigenvalue weighted by molar-refractivity contribution is 6.36. The molecule has 22 heavy (non-hydrogen) atoms. The minimum Gasteiger partial charge on any atom is -0.336 e. The summed E-state index contributed by atoms with van der Waals surface area (Å²) in [6.45, 7) is 0. The minimum absolute atomic E-state index is 0.127. The Morgan fingerprint density at radius 3 is 2.77 bits per heavy atom. The lowest BCUT2D eigenvalue weighted by Crippen LogP contribution is -2.04. The summed E-state index contributed by atoms with van der Waals surface area (Å²) < 4.78 is 0. The fourth-order valence-electron chi connectivity index (χ4n) is 1.89. The Kier molecular flexibility index (Phi) is 3.96. The number of nitriles is 1. The maximum absolute atomic E-state index is 9.26. The van der Waals surface area contributed by atoms with Crippen LogP contribution in [-0.2, 0) is 0 Å². The van der Waals surface area contributed by atoms with Crippen LogP contribution in [-0.4, -0.2) is 15.7 Å². The third-order valence-electron chi connectivity index (χ3n) is 2.94. The fourth-order valence-corrected chi connectivity index (χ4v) is 2.34. The highest BCUT2D eigenvalue weighted by atomic mass is 35.5. The van der Waals surface area contributed by atoms with Crippen LogP contribution in [0.3, 0.4) is 0 Å². The summed E-state index contributed by atoms with van der Waals surface area (Å²) >= 11 is 11.9. The highest BCUT2D eigenvalue weighted by Crippen LogP contribution is 2.25. The van der Waals surface area contributed by atoms with E-state index < -0.39 is 0 Å². The van der Waals surface area contributed by atoms with E-state index in [-0.39, 0.29) is 5.71 Å². The fraction of sp³-hybridized carbons (Fsp3) is 0. The number of hydrogen-bond donors (Lipinski definition) is 2. The Morgan fingerprint density at radius 2 is 2.05 bits per heavy atom.